The summed E-state index contributed by atoms with van der Waals surface area (Å²) in [6, 6.07) is 3.80. The number of nitrogens with zero attached hydrogens (tertiary/aromatic N) is 1. The summed E-state index contributed by atoms with van der Waals surface area (Å²) in [7, 11) is 0. The van der Waals surface area contributed by atoms with Crippen LogP contribution in [-0.4, -0.2) is 11.6 Å². The molecular formula is C10H16N2O. The van der Waals surface area contributed by atoms with Crippen molar-refractivity contribution >= 4 is 0 Å². The van der Waals surface area contributed by atoms with Crippen LogP contribution < -0.4 is 10.5 Å². The van der Waals surface area contributed by atoms with Gasteiger partial charge in [0, 0.05) is 18.8 Å². The minimum absolute atomic E-state index is 0.530. The molecule has 13 heavy (non-hydrogen) atoms. The van der Waals surface area contributed by atoms with E-state index in [2.05, 4.69) is 11.9 Å². The van der Waals surface area contributed by atoms with E-state index in [-0.39, 0.29) is 0 Å². The van der Waals surface area contributed by atoms with Crippen molar-refractivity contribution in [3.63, 3.8) is 0 Å². The Morgan fingerprint density at radius 1 is 1.46 bits per heavy atom. The lowest BCUT2D eigenvalue weighted by atomic mass is 10.3. The summed E-state index contributed by atoms with van der Waals surface area (Å²) in [5.74, 6) is 0.686. The molecule has 3 heteroatoms. The molecule has 0 amide bonds. The van der Waals surface area contributed by atoms with Gasteiger partial charge < -0.3 is 10.5 Å². The number of hydrogen-bond acceptors (Lipinski definition) is 3. The molecule has 0 bridgehead atoms. The number of unbranched alkanes of at least 4 members (excludes halogenated alkanes) is 1. The third-order valence-corrected chi connectivity index (χ3v) is 1.78. The van der Waals surface area contributed by atoms with E-state index in [1.165, 1.54) is 0 Å². The second-order valence-corrected chi connectivity index (χ2v) is 2.91. The summed E-state index contributed by atoms with van der Waals surface area (Å²) in [4.78, 5) is 4.12. The molecule has 0 fully saturated rings. The molecule has 1 heterocycles. The van der Waals surface area contributed by atoms with Gasteiger partial charge in [0.2, 0.25) is 5.88 Å². The zero-order valence-corrected chi connectivity index (χ0v) is 7.99. The summed E-state index contributed by atoms with van der Waals surface area (Å²) in [6.07, 6.45) is 3.96. The highest BCUT2D eigenvalue weighted by atomic mass is 16.5. The summed E-state index contributed by atoms with van der Waals surface area (Å²) in [6.45, 7) is 3.40. The van der Waals surface area contributed by atoms with E-state index in [9.17, 15) is 0 Å². The van der Waals surface area contributed by atoms with Crippen LogP contribution in [-0.2, 0) is 6.54 Å². The Bertz CT molecular complexity index is 233. The molecule has 0 saturated heterocycles. The lowest BCUT2D eigenvalue weighted by molar-refractivity contribution is 0.297. The Morgan fingerprint density at radius 2 is 2.31 bits per heavy atom. The number of rotatable bonds is 5. The minimum Gasteiger partial charge on any atom is -0.478 e. The van der Waals surface area contributed by atoms with Crippen molar-refractivity contribution in [2.24, 2.45) is 5.73 Å². The maximum absolute atomic E-state index is 5.44. The number of nitrogens with two attached hydrogens (primary N) is 1. The summed E-state index contributed by atoms with van der Waals surface area (Å²) < 4.78 is 5.39. The fraction of sp³-hybridized carbons (Fsp3) is 0.500. The molecule has 0 saturated carbocycles. The SMILES string of the molecule is CCCCOc1ccc(CN)cn1. The van der Waals surface area contributed by atoms with Gasteiger partial charge >= 0.3 is 0 Å². The van der Waals surface area contributed by atoms with Crippen LogP contribution >= 0.6 is 0 Å². The minimum atomic E-state index is 0.530. The average Bonchev–Trinajstić information content (AvgIpc) is 2.19. The topological polar surface area (TPSA) is 48.1 Å². The Hall–Kier alpha value is -1.09. The Morgan fingerprint density at radius 3 is 2.85 bits per heavy atom. The van der Waals surface area contributed by atoms with Crippen LogP contribution in [0.15, 0.2) is 18.3 Å². The van der Waals surface area contributed by atoms with E-state index in [4.69, 9.17) is 10.5 Å². The number of aromatic nitrogens is 1. The van der Waals surface area contributed by atoms with Crippen LogP contribution in [0.4, 0.5) is 0 Å². The molecule has 3 nitrogen and oxygen atoms in total. The smallest absolute Gasteiger partial charge is 0.213 e. The van der Waals surface area contributed by atoms with E-state index in [0.717, 1.165) is 25.0 Å². The van der Waals surface area contributed by atoms with Crippen LogP contribution in [0.5, 0.6) is 5.88 Å². The summed E-state index contributed by atoms with van der Waals surface area (Å²) >= 11 is 0. The van der Waals surface area contributed by atoms with Crippen molar-refractivity contribution in [1.82, 2.24) is 4.98 Å². The highest BCUT2D eigenvalue weighted by molar-refractivity contribution is 5.17. The monoisotopic (exact) mass is 180 g/mol. The van der Waals surface area contributed by atoms with Crippen LogP contribution in [0.2, 0.25) is 0 Å². The second kappa shape index (κ2) is 5.54. The van der Waals surface area contributed by atoms with Gasteiger partial charge in [0.15, 0.2) is 0 Å². The van der Waals surface area contributed by atoms with Crippen molar-refractivity contribution < 1.29 is 4.74 Å². The maximum atomic E-state index is 5.44. The summed E-state index contributed by atoms with van der Waals surface area (Å²) in [5, 5.41) is 0. The Kier molecular flexibility index (Phi) is 4.26. The molecule has 0 atom stereocenters. The van der Waals surface area contributed by atoms with Gasteiger partial charge in [0.1, 0.15) is 0 Å². The van der Waals surface area contributed by atoms with Crippen LogP contribution in [0.25, 0.3) is 0 Å². The molecule has 0 aliphatic rings. The van der Waals surface area contributed by atoms with Crippen LogP contribution in [0.3, 0.4) is 0 Å². The van der Waals surface area contributed by atoms with E-state index in [0.29, 0.717) is 12.4 Å². The first-order valence-electron chi connectivity index (χ1n) is 4.64. The van der Waals surface area contributed by atoms with Crippen molar-refractivity contribution in [2.45, 2.75) is 26.3 Å². The largest absolute Gasteiger partial charge is 0.478 e. The van der Waals surface area contributed by atoms with Gasteiger partial charge in [0.05, 0.1) is 6.61 Å². The molecule has 0 spiro atoms. The van der Waals surface area contributed by atoms with Gasteiger partial charge in [-0.2, -0.15) is 0 Å². The Labute approximate surface area is 78.9 Å². The lowest BCUT2D eigenvalue weighted by Crippen LogP contribution is -2.00. The first-order chi connectivity index (χ1) is 6.36. The second-order valence-electron chi connectivity index (χ2n) is 2.91. The highest BCUT2D eigenvalue weighted by Crippen LogP contribution is 2.07. The third kappa shape index (κ3) is 3.42. The molecule has 72 valence electrons. The van der Waals surface area contributed by atoms with E-state index < -0.39 is 0 Å². The van der Waals surface area contributed by atoms with Gasteiger partial charge in [-0.3, -0.25) is 0 Å². The van der Waals surface area contributed by atoms with Gasteiger partial charge in [-0.15, -0.1) is 0 Å². The standard InChI is InChI=1S/C10H16N2O/c1-2-3-6-13-10-5-4-9(7-11)8-12-10/h4-5,8H,2-3,6-7,11H2,1H3. The van der Waals surface area contributed by atoms with Gasteiger partial charge in [-0.25, -0.2) is 4.98 Å². The lowest BCUT2D eigenvalue weighted by Gasteiger charge is -2.03. The predicted molar refractivity (Wildman–Crippen MR) is 52.5 cm³/mol. The molecule has 1 rings (SSSR count). The van der Waals surface area contributed by atoms with Crippen LogP contribution in [0, 0.1) is 0 Å². The van der Waals surface area contributed by atoms with Crippen molar-refractivity contribution in [1.29, 1.82) is 0 Å². The first-order valence-corrected chi connectivity index (χ1v) is 4.64. The normalized spacial score (nSPS) is 10.0. The summed E-state index contributed by atoms with van der Waals surface area (Å²) in [5.41, 5.74) is 6.47. The number of pyridine rings is 1. The van der Waals surface area contributed by atoms with E-state index in [1.807, 2.05) is 12.1 Å². The Balaban J connectivity index is 2.40. The molecule has 2 N–H and O–H groups in total. The van der Waals surface area contributed by atoms with Crippen molar-refractivity contribution in [3.05, 3.63) is 23.9 Å². The third-order valence-electron chi connectivity index (χ3n) is 1.78. The van der Waals surface area contributed by atoms with Crippen molar-refractivity contribution in [3.8, 4) is 5.88 Å². The molecule has 0 aromatic carbocycles. The molecular weight excluding hydrogens is 164 g/mol. The average molecular weight is 180 g/mol. The molecule has 1 aromatic heterocycles. The predicted octanol–water partition coefficient (Wildman–Crippen LogP) is 1.72. The molecule has 0 radical (unpaired) electrons. The van der Waals surface area contributed by atoms with E-state index >= 15 is 0 Å². The van der Waals surface area contributed by atoms with Gasteiger partial charge in [0.25, 0.3) is 0 Å². The first kappa shape index (κ1) is 9.99. The fourth-order valence-corrected chi connectivity index (χ4v) is 0.938. The van der Waals surface area contributed by atoms with Crippen LogP contribution in [0.1, 0.15) is 25.3 Å². The molecule has 0 unspecified atom stereocenters. The molecule has 0 aliphatic carbocycles. The zero-order valence-electron chi connectivity index (χ0n) is 7.99. The van der Waals surface area contributed by atoms with Gasteiger partial charge in [-0.05, 0) is 12.0 Å². The van der Waals surface area contributed by atoms with E-state index in [1.54, 1.807) is 6.20 Å². The van der Waals surface area contributed by atoms with Gasteiger partial charge in [-0.1, -0.05) is 19.4 Å². The fourth-order valence-electron chi connectivity index (χ4n) is 0.938. The highest BCUT2D eigenvalue weighted by Gasteiger charge is 1.94. The quantitative estimate of drug-likeness (QED) is 0.702. The molecule has 0 aliphatic heterocycles. The zero-order chi connectivity index (χ0) is 9.52. The number of ether oxygens (including phenoxy) is 1. The molecule has 1 aromatic rings. The number of hydrogen-bond donors (Lipinski definition) is 1. The van der Waals surface area contributed by atoms with Crippen molar-refractivity contribution in [2.75, 3.05) is 6.61 Å². The maximum Gasteiger partial charge on any atom is 0.213 e.